The fraction of sp³-hybridized carbons (Fsp3) is 0.467. The van der Waals surface area contributed by atoms with E-state index in [2.05, 4.69) is 17.9 Å². The summed E-state index contributed by atoms with van der Waals surface area (Å²) < 4.78 is 4.02. The monoisotopic (exact) mass is 311 g/mol. The van der Waals surface area contributed by atoms with E-state index in [9.17, 15) is 14.7 Å². The number of carboxylic acids is 1. The second kappa shape index (κ2) is 6.39. The van der Waals surface area contributed by atoms with E-state index in [4.69, 9.17) is 4.74 Å². The second-order valence-corrected chi connectivity index (χ2v) is 6.86. The van der Waals surface area contributed by atoms with Crippen molar-refractivity contribution >= 4 is 24.7 Å². The van der Waals surface area contributed by atoms with Crippen molar-refractivity contribution in [3.63, 3.8) is 0 Å². The van der Waals surface area contributed by atoms with E-state index < -0.39 is 28.5 Å². The van der Waals surface area contributed by atoms with Crippen molar-refractivity contribution in [2.45, 2.75) is 44.1 Å². The Kier molecular flexibility index (Phi) is 5.28. The summed E-state index contributed by atoms with van der Waals surface area (Å²) in [5.41, 5.74) is -0.0100. The number of carboxylic acid groups (broad SMARTS) is 1. The minimum atomic E-state index is -1.22. The smallest absolute Gasteiger partial charge is 0.408 e. The normalized spacial score (nSPS) is 15.7. The van der Waals surface area contributed by atoms with Crippen LogP contribution in [0.2, 0.25) is 0 Å². The van der Waals surface area contributed by atoms with Gasteiger partial charge in [-0.2, -0.15) is 12.6 Å². The van der Waals surface area contributed by atoms with Crippen LogP contribution in [0.3, 0.4) is 0 Å². The lowest BCUT2D eigenvalue weighted by molar-refractivity contribution is -0.140. The average Bonchev–Trinajstić information content (AvgIpc) is 2.34. The van der Waals surface area contributed by atoms with Crippen LogP contribution in [0.5, 0.6) is 0 Å². The molecule has 2 N–H and O–H groups in total. The number of hydrogen-bond donors (Lipinski definition) is 3. The van der Waals surface area contributed by atoms with Crippen molar-refractivity contribution in [2.24, 2.45) is 0 Å². The Morgan fingerprint density at radius 3 is 2.14 bits per heavy atom. The number of carbonyl (C=O) groups excluding carboxylic acids is 1. The Labute approximate surface area is 130 Å². The van der Waals surface area contributed by atoms with Crippen molar-refractivity contribution in [3.05, 3.63) is 35.9 Å². The molecule has 0 aliphatic carbocycles. The number of benzene rings is 1. The SMILES string of the molecule is CC(C)(C)OC(=O)N[C@H](C(=O)O)[C@@](C)(S)c1ccccc1. The van der Waals surface area contributed by atoms with Gasteiger partial charge in [-0.1, -0.05) is 30.3 Å². The number of ether oxygens (including phenoxy) is 1. The van der Waals surface area contributed by atoms with Crippen LogP contribution < -0.4 is 5.32 Å². The first-order chi connectivity index (χ1) is 9.54. The zero-order chi connectivity index (χ0) is 16.3. The second-order valence-electron chi connectivity index (χ2n) is 5.93. The van der Waals surface area contributed by atoms with Gasteiger partial charge in [-0.05, 0) is 33.3 Å². The molecule has 5 nitrogen and oxygen atoms in total. The largest absolute Gasteiger partial charge is 0.480 e. The summed E-state index contributed by atoms with van der Waals surface area (Å²) in [6, 6.07) is 7.70. The molecule has 0 fully saturated rings. The zero-order valence-electron chi connectivity index (χ0n) is 12.6. The van der Waals surface area contributed by atoms with Crippen LogP contribution in [-0.2, 0) is 14.3 Å². The van der Waals surface area contributed by atoms with Crippen molar-refractivity contribution < 1.29 is 19.4 Å². The number of thiol groups is 1. The highest BCUT2D eigenvalue weighted by molar-refractivity contribution is 7.81. The van der Waals surface area contributed by atoms with E-state index in [1.54, 1.807) is 52.0 Å². The van der Waals surface area contributed by atoms with Gasteiger partial charge in [-0.25, -0.2) is 9.59 Å². The molecule has 116 valence electrons. The van der Waals surface area contributed by atoms with Crippen LogP contribution in [0.4, 0.5) is 4.79 Å². The van der Waals surface area contributed by atoms with Crippen LogP contribution >= 0.6 is 12.6 Å². The topological polar surface area (TPSA) is 75.6 Å². The average molecular weight is 311 g/mol. The van der Waals surface area contributed by atoms with Gasteiger partial charge in [-0.15, -0.1) is 0 Å². The van der Waals surface area contributed by atoms with Gasteiger partial charge in [-0.3, -0.25) is 0 Å². The molecule has 0 saturated heterocycles. The summed E-state index contributed by atoms with van der Waals surface area (Å²) in [7, 11) is 0. The van der Waals surface area contributed by atoms with Gasteiger partial charge in [0.25, 0.3) is 0 Å². The lowest BCUT2D eigenvalue weighted by Gasteiger charge is -2.32. The number of hydrogen-bond acceptors (Lipinski definition) is 4. The number of aliphatic carboxylic acids is 1. The molecular weight excluding hydrogens is 290 g/mol. The number of alkyl carbamates (subject to hydrolysis) is 1. The molecule has 1 aromatic rings. The summed E-state index contributed by atoms with van der Waals surface area (Å²) in [5.74, 6) is -1.18. The quantitative estimate of drug-likeness (QED) is 0.747. The molecule has 0 bridgehead atoms. The van der Waals surface area contributed by atoms with Crippen LogP contribution in [-0.4, -0.2) is 28.8 Å². The first kappa shape index (κ1) is 17.4. The molecule has 2 atom stereocenters. The van der Waals surface area contributed by atoms with Gasteiger partial charge in [0.15, 0.2) is 0 Å². The molecule has 21 heavy (non-hydrogen) atoms. The van der Waals surface area contributed by atoms with E-state index >= 15 is 0 Å². The first-order valence-corrected chi connectivity index (χ1v) is 6.99. The highest BCUT2D eigenvalue weighted by atomic mass is 32.1. The Morgan fingerprint density at radius 1 is 1.19 bits per heavy atom. The Bertz CT molecular complexity index is 508. The number of carbonyl (C=O) groups is 2. The molecular formula is C15H21NO4S. The summed E-state index contributed by atoms with van der Waals surface area (Å²) in [5, 5.41) is 11.8. The van der Waals surface area contributed by atoms with Gasteiger partial charge in [0.1, 0.15) is 11.6 Å². The molecule has 1 aromatic carbocycles. The van der Waals surface area contributed by atoms with E-state index in [1.807, 2.05) is 6.07 Å². The maximum Gasteiger partial charge on any atom is 0.408 e. The third-order valence-electron chi connectivity index (χ3n) is 2.83. The third-order valence-corrected chi connectivity index (χ3v) is 3.34. The van der Waals surface area contributed by atoms with Gasteiger partial charge in [0.05, 0.1) is 4.75 Å². The molecule has 1 amide bonds. The van der Waals surface area contributed by atoms with Crippen LogP contribution in [0.1, 0.15) is 33.3 Å². The van der Waals surface area contributed by atoms with Crippen molar-refractivity contribution in [2.75, 3.05) is 0 Å². The molecule has 0 aliphatic heterocycles. The lowest BCUT2D eigenvalue weighted by atomic mass is 9.92. The van der Waals surface area contributed by atoms with Gasteiger partial charge in [0, 0.05) is 0 Å². The number of amides is 1. The molecule has 0 saturated carbocycles. The molecule has 6 heteroatoms. The lowest BCUT2D eigenvalue weighted by Crippen LogP contribution is -2.52. The van der Waals surface area contributed by atoms with E-state index in [1.165, 1.54) is 0 Å². The van der Waals surface area contributed by atoms with Crippen LogP contribution in [0, 0.1) is 0 Å². The summed E-state index contributed by atoms with van der Waals surface area (Å²) >= 11 is 4.45. The number of rotatable bonds is 4. The number of nitrogens with one attached hydrogen (secondary N) is 1. The molecule has 0 aromatic heterocycles. The highest BCUT2D eigenvalue weighted by Gasteiger charge is 2.39. The fourth-order valence-corrected chi connectivity index (χ4v) is 2.13. The van der Waals surface area contributed by atoms with Gasteiger partial charge in [0.2, 0.25) is 0 Å². The van der Waals surface area contributed by atoms with E-state index in [0.717, 1.165) is 0 Å². The maximum absolute atomic E-state index is 11.8. The highest BCUT2D eigenvalue weighted by Crippen LogP contribution is 2.32. The predicted octanol–water partition coefficient (Wildman–Crippen LogP) is 2.81. The first-order valence-electron chi connectivity index (χ1n) is 6.54. The van der Waals surface area contributed by atoms with Crippen LogP contribution in [0.25, 0.3) is 0 Å². The summed E-state index contributed by atoms with van der Waals surface area (Å²) in [6.45, 7) is 6.76. The summed E-state index contributed by atoms with van der Waals surface area (Å²) in [4.78, 5) is 23.3. The van der Waals surface area contributed by atoms with Gasteiger partial charge < -0.3 is 15.2 Å². The molecule has 0 aliphatic rings. The Morgan fingerprint density at radius 2 is 1.71 bits per heavy atom. The standard InChI is InChI=1S/C15H21NO4S/c1-14(2,3)20-13(19)16-11(12(17)18)15(4,21)10-8-6-5-7-9-10/h5-9,11,21H,1-4H3,(H,16,19)(H,17,18)/t11-,15+/m1/s1. The third kappa shape index (κ3) is 4.97. The Hall–Kier alpha value is -1.69. The molecule has 1 rings (SSSR count). The minimum absolute atomic E-state index is 0.691. The summed E-state index contributed by atoms with van der Waals surface area (Å²) in [6.07, 6.45) is -0.786. The van der Waals surface area contributed by atoms with Crippen molar-refractivity contribution in [1.82, 2.24) is 5.32 Å². The molecule has 0 unspecified atom stereocenters. The minimum Gasteiger partial charge on any atom is -0.480 e. The molecule has 0 heterocycles. The Balaban J connectivity index is 2.97. The van der Waals surface area contributed by atoms with Gasteiger partial charge >= 0.3 is 12.1 Å². The zero-order valence-corrected chi connectivity index (χ0v) is 13.5. The fourth-order valence-electron chi connectivity index (χ4n) is 1.81. The molecule has 0 spiro atoms. The van der Waals surface area contributed by atoms with Crippen molar-refractivity contribution in [1.29, 1.82) is 0 Å². The van der Waals surface area contributed by atoms with E-state index in [-0.39, 0.29) is 0 Å². The maximum atomic E-state index is 11.8. The predicted molar refractivity (Wildman–Crippen MR) is 83.6 cm³/mol. The van der Waals surface area contributed by atoms with Crippen molar-refractivity contribution in [3.8, 4) is 0 Å². The van der Waals surface area contributed by atoms with E-state index in [0.29, 0.717) is 5.56 Å². The van der Waals surface area contributed by atoms with Crippen LogP contribution in [0.15, 0.2) is 30.3 Å². The molecule has 0 radical (unpaired) electrons.